The lowest BCUT2D eigenvalue weighted by Crippen LogP contribution is -2.63. The fourth-order valence-electron chi connectivity index (χ4n) is 6.05. The van der Waals surface area contributed by atoms with Crippen molar-refractivity contribution in [1.29, 1.82) is 0 Å². The Hall–Kier alpha value is -3.98. The molecule has 0 saturated carbocycles. The lowest BCUT2D eigenvalue weighted by Gasteiger charge is -2.49. The molecule has 14 heteroatoms. The number of likely N-dealkylation sites (N-methyl/N-ethyl adjacent to an activating group) is 1. The highest BCUT2D eigenvalue weighted by atomic mass is 19.1. The number of aromatic hydroxyl groups is 1. The summed E-state index contributed by atoms with van der Waals surface area (Å²) in [5.41, 5.74) is 0.0289. The first-order valence-electron chi connectivity index (χ1n) is 16.0. The van der Waals surface area contributed by atoms with Crippen molar-refractivity contribution in [1.82, 2.24) is 29.6 Å². The van der Waals surface area contributed by atoms with Gasteiger partial charge in [-0.25, -0.2) is 18.8 Å². The predicted octanol–water partition coefficient (Wildman–Crippen LogP) is 1.59. The molecule has 2 aliphatic heterocycles. The lowest BCUT2D eigenvalue weighted by molar-refractivity contribution is -0.151. The van der Waals surface area contributed by atoms with Gasteiger partial charge in [-0.3, -0.25) is 34.9 Å². The molecule has 2 aliphatic rings. The van der Waals surface area contributed by atoms with Crippen LogP contribution in [0.5, 0.6) is 5.75 Å². The van der Waals surface area contributed by atoms with Gasteiger partial charge in [0.25, 0.3) is 0 Å². The third-order valence-electron chi connectivity index (χ3n) is 8.87. The Balaban J connectivity index is 1.50. The number of piperazine rings is 1. The van der Waals surface area contributed by atoms with E-state index in [2.05, 4.69) is 35.1 Å². The fraction of sp³-hybridized carbons (Fsp3) is 0.515. The number of hydrogen-bond donors (Lipinski definition) is 2. The summed E-state index contributed by atoms with van der Waals surface area (Å²) in [6.07, 6.45) is 0.965. The van der Waals surface area contributed by atoms with Gasteiger partial charge >= 0.3 is 0 Å². The molecule has 1 aromatic carbocycles. The molecule has 0 aliphatic carbocycles. The van der Waals surface area contributed by atoms with Crippen LogP contribution in [0.4, 0.5) is 14.6 Å². The number of halogens is 2. The Labute approximate surface area is 275 Å². The minimum absolute atomic E-state index is 0.0367. The number of carbonyl (C=O) groups excluding carboxylic acids is 3. The van der Waals surface area contributed by atoms with Crippen LogP contribution in [0.2, 0.25) is 0 Å². The standard InChI is InChI=1S/C33H46F2N8O4/c1-5-10-42(36)21-32(46)43(22-44)30(17-27-28(34)15-26(45)16-29(27)35)33(47)38(6-2)18-24-8-7-9-31(37-24)41-19-25(20-41)40-13-11-39(12-14-40)23(3)4/h5,7-9,15-16,22-23,25,30,45H,1,6,10-14,17-21,36H2,2-4H3/t30-/m0/s1. The number of rotatable bonds is 15. The molecular formula is C33H46F2N8O4. The van der Waals surface area contributed by atoms with E-state index < -0.39 is 53.8 Å². The number of amides is 3. The Morgan fingerprint density at radius 1 is 1.15 bits per heavy atom. The van der Waals surface area contributed by atoms with E-state index in [1.807, 2.05) is 12.1 Å². The number of nitrogens with zero attached hydrogens (tertiary/aromatic N) is 7. The molecule has 0 bridgehead atoms. The quantitative estimate of drug-likeness (QED) is 0.126. The molecule has 47 heavy (non-hydrogen) atoms. The first-order chi connectivity index (χ1) is 22.4. The van der Waals surface area contributed by atoms with E-state index in [4.69, 9.17) is 10.8 Å². The second kappa shape index (κ2) is 16.2. The van der Waals surface area contributed by atoms with Gasteiger partial charge < -0.3 is 14.9 Å². The highest BCUT2D eigenvalue weighted by Crippen LogP contribution is 2.25. The van der Waals surface area contributed by atoms with Crippen molar-refractivity contribution in [2.45, 2.75) is 51.9 Å². The van der Waals surface area contributed by atoms with Gasteiger partial charge in [0.2, 0.25) is 18.2 Å². The summed E-state index contributed by atoms with van der Waals surface area (Å²) in [5, 5.41) is 10.7. The van der Waals surface area contributed by atoms with Crippen molar-refractivity contribution in [2.75, 3.05) is 63.8 Å². The molecule has 256 valence electrons. The van der Waals surface area contributed by atoms with Crippen LogP contribution in [-0.4, -0.2) is 130 Å². The van der Waals surface area contributed by atoms with Gasteiger partial charge in [0, 0.05) is 88.6 Å². The van der Waals surface area contributed by atoms with Crippen LogP contribution < -0.4 is 10.7 Å². The van der Waals surface area contributed by atoms with Gasteiger partial charge in [-0.1, -0.05) is 12.1 Å². The minimum atomic E-state index is -1.60. The smallest absolute Gasteiger partial charge is 0.246 e. The second-order valence-electron chi connectivity index (χ2n) is 12.3. The van der Waals surface area contributed by atoms with Crippen molar-refractivity contribution in [3.05, 3.63) is 65.9 Å². The molecule has 3 amide bonds. The van der Waals surface area contributed by atoms with Crippen LogP contribution in [0, 0.1) is 11.6 Å². The average molecular weight is 657 g/mol. The zero-order valence-electron chi connectivity index (χ0n) is 27.4. The predicted molar refractivity (Wildman–Crippen MR) is 174 cm³/mol. The zero-order chi connectivity index (χ0) is 34.2. The molecule has 12 nitrogen and oxygen atoms in total. The van der Waals surface area contributed by atoms with Gasteiger partial charge in [-0.05, 0) is 32.9 Å². The van der Waals surface area contributed by atoms with Crippen molar-refractivity contribution in [3.8, 4) is 5.75 Å². The van der Waals surface area contributed by atoms with E-state index in [0.717, 1.165) is 50.1 Å². The van der Waals surface area contributed by atoms with Gasteiger partial charge in [0.1, 0.15) is 29.2 Å². The van der Waals surface area contributed by atoms with Crippen LogP contribution in [0.1, 0.15) is 32.0 Å². The summed E-state index contributed by atoms with van der Waals surface area (Å²) in [7, 11) is 0. The average Bonchev–Trinajstić information content (AvgIpc) is 3.00. The third-order valence-corrected chi connectivity index (χ3v) is 8.87. The van der Waals surface area contributed by atoms with Crippen molar-refractivity contribution >= 4 is 24.0 Å². The maximum Gasteiger partial charge on any atom is 0.246 e. The number of benzene rings is 1. The topological polar surface area (TPSA) is 130 Å². The molecule has 3 N–H and O–H groups in total. The van der Waals surface area contributed by atoms with Gasteiger partial charge in [0.15, 0.2) is 0 Å². The number of aromatic nitrogens is 1. The van der Waals surface area contributed by atoms with E-state index in [1.165, 1.54) is 11.0 Å². The Morgan fingerprint density at radius 3 is 2.38 bits per heavy atom. The number of nitrogens with two attached hydrogens (primary N) is 1. The van der Waals surface area contributed by atoms with Crippen molar-refractivity contribution in [2.24, 2.45) is 5.84 Å². The summed E-state index contributed by atoms with van der Waals surface area (Å²) < 4.78 is 29.6. The Morgan fingerprint density at radius 2 is 1.81 bits per heavy atom. The molecular weight excluding hydrogens is 610 g/mol. The number of carbonyl (C=O) groups is 3. The molecule has 2 aromatic rings. The number of imide groups is 1. The molecule has 0 spiro atoms. The van der Waals surface area contributed by atoms with Crippen molar-refractivity contribution in [3.63, 3.8) is 0 Å². The maximum atomic E-state index is 14.8. The molecule has 2 saturated heterocycles. The summed E-state index contributed by atoms with van der Waals surface area (Å²) in [6, 6.07) is 6.37. The molecule has 3 heterocycles. The van der Waals surface area contributed by atoms with E-state index in [0.29, 0.717) is 34.8 Å². The first-order valence-corrected chi connectivity index (χ1v) is 16.0. The van der Waals surface area contributed by atoms with E-state index in [9.17, 15) is 28.3 Å². The van der Waals surface area contributed by atoms with Crippen LogP contribution in [0.25, 0.3) is 0 Å². The number of hydrogen-bond acceptors (Lipinski definition) is 10. The minimum Gasteiger partial charge on any atom is -0.508 e. The van der Waals surface area contributed by atoms with Crippen LogP contribution in [-0.2, 0) is 27.3 Å². The number of phenolic OH excluding ortho intramolecular Hbond substituents is 1. The number of hydrazine groups is 1. The Kier molecular flexibility index (Phi) is 12.4. The van der Waals surface area contributed by atoms with Crippen molar-refractivity contribution < 1.29 is 28.3 Å². The second-order valence-corrected chi connectivity index (χ2v) is 12.3. The Bertz CT molecular complexity index is 1390. The summed E-state index contributed by atoms with van der Waals surface area (Å²) in [4.78, 5) is 53.4. The van der Waals surface area contributed by atoms with E-state index in [1.54, 1.807) is 13.0 Å². The highest BCUT2D eigenvalue weighted by molar-refractivity contribution is 5.95. The molecule has 4 rings (SSSR count). The van der Waals surface area contributed by atoms with Crippen LogP contribution in [0.3, 0.4) is 0 Å². The largest absolute Gasteiger partial charge is 0.508 e. The first kappa shape index (κ1) is 35.9. The van der Waals surface area contributed by atoms with E-state index in [-0.39, 0.29) is 26.0 Å². The molecule has 2 fully saturated rings. The van der Waals surface area contributed by atoms with Crippen LogP contribution in [0.15, 0.2) is 43.0 Å². The van der Waals surface area contributed by atoms with Gasteiger partial charge in [-0.2, -0.15) is 0 Å². The number of pyridine rings is 1. The molecule has 0 unspecified atom stereocenters. The van der Waals surface area contributed by atoms with Gasteiger partial charge in [-0.15, -0.1) is 6.58 Å². The fourth-order valence-corrected chi connectivity index (χ4v) is 6.05. The highest BCUT2D eigenvalue weighted by Gasteiger charge is 2.36. The van der Waals surface area contributed by atoms with Gasteiger partial charge in [0.05, 0.1) is 18.8 Å². The normalized spacial score (nSPS) is 16.6. The SMILES string of the molecule is C=CCN(N)CC(=O)N(C=O)[C@@H](Cc1c(F)cc(O)cc1F)C(=O)N(CC)Cc1cccc(N2CC(N3CCN(C(C)C)CC3)C2)n1. The molecule has 1 atom stereocenters. The monoisotopic (exact) mass is 656 g/mol. The third kappa shape index (κ3) is 8.89. The number of anilines is 1. The summed E-state index contributed by atoms with van der Waals surface area (Å²) in [6.45, 7) is 15.5. The van der Waals surface area contributed by atoms with E-state index >= 15 is 0 Å². The molecule has 1 aromatic heterocycles. The summed E-state index contributed by atoms with van der Waals surface area (Å²) >= 11 is 0. The zero-order valence-corrected chi connectivity index (χ0v) is 27.4. The number of phenols is 1. The molecule has 0 radical (unpaired) electrons. The summed E-state index contributed by atoms with van der Waals surface area (Å²) in [5.74, 6) is 2.20. The lowest BCUT2D eigenvalue weighted by atomic mass is 10.0. The van der Waals surface area contributed by atoms with Crippen LogP contribution >= 0.6 is 0 Å². The maximum absolute atomic E-state index is 14.8.